The van der Waals surface area contributed by atoms with Gasteiger partial charge in [0, 0.05) is 12.5 Å². The molecule has 1 fully saturated rings. The Morgan fingerprint density at radius 1 is 1.19 bits per heavy atom. The van der Waals surface area contributed by atoms with Crippen molar-refractivity contribution in [1.29, 1.82) is 0 Å². The third-order valence-electron chi connectivity index (χ3n) is 3.42. The van der Waals surface area contributed by atoms with E-state index in [1.165, 1.54) is 12.1 Å². The Kier molecular flexibility index (Phi) is 5.61. The van der Waals surface area contributed by atoms with Crippen LogP contribution in [0, 0.1) is 0 Å². The van der Waals surface area contributed by atoms with E-state index in [9.17, 15) is 13.2 Å². The molecule has 6 heteroatoms. The number of rotatable bonds is 6. The van der Waals surface area contributed by atoms with Crippen LogP contribution in [0.1, 0.15) is 24.5 Å². The summed E-state index contributed by atoms with van der Waals surface area (Å²) in [7, 11) is 0. The number of ether oxygens (including phenoxy) is 2. The van der Waals surface area contributed by atoms with Gasteiger partial charge in [0.25, 0.3) is 0 Å². The zero-order chi connectivity index (χ0) is 15.3. The van der Waals surface area contributed by atoms with Crippen molar-refractivity contribution in [3.8, 4) is 0 Å². The topological polar surface area (TPSA) is 30.5 Å². The highest BCUT2D eigenvalue weighted by molar-refractivity contribution is 5.25. The molecule has 3 nitrogen and oxygen atoms in total. The van der Waals surface area contributed by atoms with E-state index in [1.54, 1.807) is 0 Å². The molecule has 0 bridgehead atoms. The molecule has 118 valence electrons. The van der Waals surface area contributed by atoms with Crippen LogP contribution in [0.4, 0.5) is 13.2 Å². The first-order chi connectivity index (χ1) is 9.99. The second-order valence-electron chi connectivity index (χ2n) is 5.06. The SMILES string of the molecule is CCNC(Cc1ccc(C(F)(F)F)cc1)CC1OCCO1. The molecule has 0 aromatic heterocycles. The molecule has 1 aliphatic rings. The maximum Gasteiger partial charge on any atom is 0.416 e. The third kappa shape index (κ3) is 4.98. The molecule has 21 heavy (non-hydrogen) atoms. The summed E-state index contributed by atoms with van der Waals surface area (Å²) in [6, 6.07) is 5.43. The first kappa shape index (κ1) is 16.3. The molecule has 0 spiro atoms. The van der Waals surface area contributed by atoms with E-state index in [2.05, 4.69) is 5.32 Å². The fraction of sp³-hybridized carbons (Fsp3) is 0.600. The van der Waals surface area contributed by atoms with Crippen LogP contribution in [-0.2, 0) is 22.1 Å². The minimum Gasteiger partial charge on any atom is -0.350 e. The number of hydrogen-bond donors (Lipinski definition) is 1. The van der Waals surface area contributed by atoms with Crippen molar-refractivity contribution in [2.45, 2.75) is 38.3 Å². The van der Waals surface area contributed by atoms with Crippen LogP contribution in [0.3, 0.4) is 0 Å². The normalized spacial score (nSPS) is 18.1. The van der Waals surface area contributed by atoms with E-state index in [0.717, 1.165) is 24.2 Å². The number of likely N-dealkylation sites (N-methyl/N-ethyl adjacent to an activating group) is 1. The average Bonchev–Trinajstić information content (AvgIpc) is 2.91. The van der Waals surface area contributed by atoms with Gasteiger partial charge >= 0.3 is 6.18 Å². The van der Waals surface area contributed by atoms with E-state index < -0.39 is 11.7 Å². The molecule has 1 heterocycles. The van der Waals surface area contributed by atoms with Crippen LogP contribution in [0.2, 0.25) is 0 Å². The predicted molar refractivity (Wildman–Crippen MR) is 72.9 cm³/mol. The first-order valence-electron chi connectivity index (χ1n) is 7.11. The number of nitrogens with one attached hydrogen (secondary N) is 1. The van der Waals surface area contributed by atoms with Gasteiger partial charge in [-0.3, -0.25) is 0 Å². The fourth-order valence-electron chi connectivity index (χ4n) is 2.42. The second-order valence-corrected chi connectivity index (χ2v) is 5.06. The standard InChI is InChI=1S/C15H20F3NO2/c1-2-19-13(10-14-20-7-8-21-14)9-11-3-5-12(6-4-11)15(16,17)18/h3-6,13-14,19H,2,7-10H2,1H3. The summed E-state index contributed by atoms with van der Waals surface area (Å²) in [5.41, 5.74) is 0.251. The van der Waals surface area contributed by atoms with Gasteiger partial charge in [-0.1, -0.05) is 19.1 Å². The monoisotopic (exact) mass is 303 g/mol. The molecule has 0 radical (unpaired) electrons. The summed E-state index contributed by atoms with van der Waals surface area (Å²) in [5, 5.41) is 3.32. The second kappa shape index (κ2) is 7.24. The maximum absolute atomic E-state index is 12.5. The van der Waals surface area contributed by atoms with Crippen LogP contribution in [0.5, 0.6) is 0 Å². The summed E-state index contributed by atoms with van der Waals surface area (Å²) in [5.74, 6) is 0. The summed E-state index contributed by atoms with van der Waals surface area (Å²) >= 11 is 0. The van der Waals surface area contributed by atoms with E-state index in [0.29, 0.717) is 26.1 Å². The Bertz CT molecular complexity index is 428. The van der Waals surface area contributed by atoms with Gasteiger partial charge < -0.3 is 14.8 Å². The van der Waals surface area contributed by atoms with Gasteiger partial charge in [0.2, 0.25) is 0 Å². The van der Waals surface area contributed by atoms with E-state index >= 15 is 0 Å². The van der Waals surface area contributed by atoms with Gasteiger partial charge in [-0.25, -0.2) is 0 Å². The van der Waals surface area contributed by atoms with Gasteiger partial charge in [0.1, 0.15) is 0 Å². The Labute approximate surface area is 122 Å². The lowest BCUT2D eigenvalue weighted by Crippen LogP contribution is -2.34. The summed E-state index contributed by atoms with van der Waals surface area (Å²) in [6.07, 6.45) is -3.17. The molecule has 1 aliphatic heterocycles. The van der Waals surface area contributed by atoms with Crippen LogP contribution in [-0.4, -0.2) is 32.1 Å². The first-order valence-corrected chi connectivity index (χ1v) is 7.11. The lowest BCUT2D eigenvalue weighted by atomic mass is 10.0. The summed E-state index contributed by atoms with van der Waals surface area (Å²) in [4.78, 5) is 0. The van der Waals surface area contributed by atoms with Gasteiger partial charge in [-0.05, 0) is 30.7 Å². The zero-order valence-corrected chi connectivity index (χ0v) is 12.0. The van der Waals surface area contributed by atoms with Crippen molar-refractivity contribution in [1.82, 2.24) is 5.32 Å². The molecule has 0 aliphatic carbocycles. The molecule has 1 unspecified atom stereocenters. The van der Waals surface area contributed by atoms with Crippen molar-refractivity contribution in [3.63, 3.8) is 0 Å². The highest BCUT2D eigenvalue weighted by Gasteiger charge is 2.30. The number of hydrogen-bond acceptors (Lipinski definition) is 3. The highest BCUT2D eigenvalue weighted by atomic mass is 19.4. The smallest absolute Gasteiger partial charge is 0.350 e. The lowest BCUT2D eigenvalue weighted by Gasteiger charge is -2.21. The maximum atomic E-state index is 12.5. The number of alkyl halides is 3. The van der Waals surface area contributed by atoms with Crippen molar-refractivity contribution >= 4 is 0 Å². The lowest BCUT2D eigenvalue weighted by molar-refractivity contribution is -0.137. The number of benzene rings is 1. The van der Waals surface area contributed by atoms with Crippen LogP contribution < -0.4 is 5.32 Å². The predicted octanol–water partition coefficient (Wildman–Crippen LogP) is 2.99. The zero-order valence-electron chi connectivity index (χ0n) is 12.0. The minimum atomic E-state index is -4.29. The Morgan fingerprint density at radius 2 is 1.81 bits per heavy atom. The van der Waals surface area contributed by atoms with Gasteiger partial charge in [0.15, 0.2) is 6.29 Å². The molecular weight excluding hydrogens is 283 g/mol. The van der Waals surface area contributed by atoms with Crippen molar-refractivity contribution in [2.24, 2.45) is 0 Å². The quantitative estimate of drug-likeness (QED) is 0.876. The van der Waals surface area contributed by atoms with E-state index in [-0.39, 0.29) is 12.3 Å². The minimum absolute atomic E-state index is 0.120. The van der Waals surface area contributed by atoms with Crippen molar-refractivity contribution in [2.75, 3.05) is 19.8 Å². The Hall–Kier alpha value is -1.11. The largest absolute Gasteiger partial charge is 0.416 e. The Morgan fingerprint density at radius 3 is 2.33 bits per heavy atom. The molecule has 2 rings (SSSR count). The molecule has 1 aromatic carbocycles. The molecule has 1 N–H and O–H groups in total. The fourth-order valence-corrected chi connectivity index (χ4v) is 2.42. The molecule has 1 atom stereocenters. The molecule has 0 amide bonds. The van der Waals surface area contributed by atoms with Crippen molar-refractivity contribution in [3.05, 3.63) is 35.4 Å². The van der Waals surface area contributed by atoms with E-state index in [1.807, 2.05) is 6.92 Å². The van der Waals surface area contributed by atoms with Gasteiger partial charge in [0.05, 0.1) is 18.8 Å². The highest BCUT2D eigenvalue weighted by Crippen LogP contribution is 2.29. The average molecular weight is 303 g/mol. The molecule has 0 saturated carbocycles. The number of halogens is 3. The van der Waals surface area contributed by atoms with Crippen molar-refractivity contribution < 1.29 is 22.6 Å². The van der Waals surface area contributed by atoms with E-state index in [4.69, 9.17) is 9.47 Å². The molecule has 1 aromatic rings. The van der Waals surface area contributed by atoms with Crippen LogP contribution in [0.15, 0.2) is 24.3 Å². The molecular formula is C15H20F3NO2. The molecule has 1 saturated heterocycles. The van der Waals surface area contributed by atoms with Gasteiger partial charge in [-0.15, -0.1) is 0 Å². The summed E-state index contributed by atoms with van der Waals surface area (Å²) in [6.45, 7) is 3.99. The summed E-state index contributed by atoms with van der Waals surface area (Å²) < 4.78 is 48.4. The van der Waals surface area contributed by atoms with Crippen LogP contribution >= 0.6 is 0 Å². The van der Waals surface area contributed by atoms with Gasteiger partial charge in [-0.2, -0.15) is 13.2 Å². The van der Waals surface area contributed by atoms with Crippen LogP contribution in [0.25, 0.3) is 0 Å². The Balaban J connectivity index is 1.95. The third-order valence-corrected chi connectivity index (χ3v) is 3.42.